The van der Waals surface area contributed by atoms with E-state index in [0.29, 0.717) is 50.8 Å². The Hall–Kier alpha value is -3.24. The molecule has 1 aliphatic heterocycles. The molecule has 2 aromatic heterocycles. The maximum Gasteiger partial charge on any atom is 0.417 e. The lowest BCUT2D eigenvalue weighted by atomic mass is 10.3. The van der Waals surface area contributed by atoms with E-state index >= 15 is 0 Å². The summed E-state index contributed by atoms with van der Waals surface area (Å²) in [6.07, 6.45) is -1.36. The Labute approximate surface area is 178 Å². The van der Waals surface area contributed by atoms with Crippen LogP contribution in [0.2, 0.25) is 0 Å². The molecule has 0 aliphatic carbocycles. The van der Waals surface area contributed by atoms with E-state index in [9.17, 15) is 18.0 Å². The van der Waals surface area contributed by atoms with Crippen LogP contribution >= 0.6 is 0 Å². The topological polar surface area (TPSA) is 86.0 Å². The summed E-state index contributed by atoms with van der Waals surface area (Å²) in [4.78, 5) is 24.2. The number of rotatable bonds is 6. The minimum absolute atomic E-state index is 0.115. The van der Waals surface area contributed by atoms with Crippen LogP contribution in [0.25, 0.3) is 0 Å². The number of piperazine rings is 1. The Morgan fingerprint density at radius 3 is 2.48 bits per heavy atom. The maximum absolute atomic E-state index is 12.6. The molecule has 3 rings (SSSR count). The van der Waals surface area contributed by atoms with Crippen molar-refractivity contribution in [3.63, 3.8) is 0 Å². The molecular formula is C20H25F3N6O2. The van der Waals surface area contributed by atoms with Crippen molar-refractivity contribution in [1.29, 1.82) is 0 Å². The van der Waals surface area contributed by atoms with Crippen LogP contribution in [0.1, 0.15) is 22.5 Å². The normalized spacial score (nSPS) is 15.2. The monoisotopic (exact) mass is 438 g/mol. The molecule has 0 aromatic carbocycles. The second kappa shape index (κ2) is 10.2. The summed E-state index contributed by atoms with van der Waals surface area (Å²) in [5.41, 5.74) is -0.769. The molecular weight excluding hydrogens is 413 g/mol. The van der Waals surface area contributed by atoms with Crippen molar-refractivity contribution in [2.24, 2.45) is 4.99 Å². The van der Waals surface area contributed by atoms with Crippen molar-refractivity contribution in [2.45, 2.75) is 12.6 Å². The van der Waals surface area contributed by atoms with Crippen LogP contribution < -0.4 is 10.6 Å². The van der Waals surface area contributed by atoms with Gasteiger partial charge < -0.3 is 24.9 Å². The first-order chi connectivity index (χ1) is 14.9. The molecule has 8 nitrogen and oxygen atoms in total. The number of amides is 1. The smallest absolute Gasteiger partial charge is 0.417 e. The van der Waals surface area contributed by atoms with Gasteiger partial charge in [-0.15, -0.1) is 0 Å². The number of hydrogen-bond acceptors (Lipinski definition) is 5. The number of aliphatic imine (C=N–C) groups is 1. The van der Waals surface area contributed by atoms with Gasteiger partial charge in [0.1, 0.15) is 5.82 Å². The van der Waals surface area contributed by atoms with E-state index in [1.807, 2.05) is 0 Å². The largest absolute Gasteiger partial charge is 0.459 e. The van der Waals surface area contributed by atoms with Crippen molar-refractivity contribution >= 4 is 17.7 Å². The third-order valence-corrected chi connectivity index (χ3v) is 4.84. The number of pyridine rings is 1. The first-order valence-electron chi connectivity index (χ1n) is 9.94. The van der Waals surface area contributed by atoms with Crippen LogP contribution in [0.5, 0.6) is 0 Å². The molecule has 0 unspecified atom stereocenters. The van der Waals surface area contributed by atoms with Gasteiger partial charge in [-0.3, -0.25) is 9.79 Å². The third kappa shape index (κ3) is 6.12. The second-order valence-electron chi connectivity index (χ2n) is 6.94. The standard InChI is InChI=1S/C20H25F3N6O2/c1-24-19(29-11-9-28(10-12-29)18(30)16-4-2-13-31-16)26-8-3-7-25-17-6-5-15(14-27-17)20(21,22)23/h2,4-6,13-14H,3,7-12H2,1H3,(H,24,26)(H,25,27). The first kappa shape index (κ1) is 22.4. The molecule has 0 bridgehead atoms. The molecule has 2 N–H and O–H groups in total. The van der Waals surface area contributed by atoms with Crippen LogP contribution in [0, 0.1) is 0 Å². The van der Waals surface area contributed by atoms with Gasteiger partial charge in [-0.05, 0) is 30.7 Å². The number of hydrogen-bond donors (Lipinski definition) is 2. The van der Waals surface area contributed by atoms with Crippen LogP contribution in [0.3, 0.4) is 0 Å². The summed E-state index contributed by atoms with van der Waals surface area (Å²) >= 11 is 0. The van der Waals surface area contributed by atoms with E-state index in [2.05, 4.69) is 25.5 Å². The van der Waals surface area contributed by atoms with Gasteiger partial charge >= 0.3 is 6.18 Å². The average molecular weight is 438 g/mol. The van der Waals surface area contributed by atoms with Crippen molar-refractivity contribution in [2.75, 3.05) is 51.6 Å². The Kier molecular flexibility index (Phi) is 7.37. The number of carbonyl (C=O) groups excluding carboxylic acids is 1. The SMILES string of the molecule is CN=C(NCCCNc1ccc(C(F)(F)F)cn1)N1CCN(C(=O)c2ccco2)CC1. The van der Waals surface area contributed by atoms with Crippen LogP contribution in [-0.4, -0.2) is 73.0 Å². The molecule has 0 saturated carbocycles. The van der Waals surface area contributed by atoms with Crippen molar-refractivity contribution in [1.82, 2.24) is 20.1 Å². The molecule has 168 valence electrons. The number of alkyl halides is 3. The fourth-order valence-electron chi connectivity index (χ4n) is 3.18. The molecule has 0 radical (unpaired) electrons. The number of guanidine groups is 1. The molecule has 3 heterocycles. The molecule has 1 fully saturated rings. The third-order valence-electron chi connectivity index (χ3n) is 4.84. The highest BCUT2D eigenvalue weighted by molar-refractivity contribution is 5.91. The zero-order valence-corrected chi connectivity index (χ0v) is 17.2. The van der Waals surface area contributed by atoms with Crippen LogP contribution in [-0.2, 0) is 6.18 Å². The summed E-state index contributed by atoms with van der Waals surface area (Å²) in [5, 5.41) is 6.27. The van der Waals surface area contributed by atoms with Gasteiger partial charge in [-0.1, -0.05) is 0 Å². The number of nitrogens with one attached hydrogen (secondary N) is 2. The predicted octanol–water partition coefficient (Wildman–Crippen LogP) is 2.53. The van der Waals surface area contributed by atoms with E-state index in [1.54, 1.807) is 24.1 Å². The van der Waals surface area contributed by atoms with Gasteiger partial charge in [-0.2, -0.15) is 13.2 Å². The van der Waals surface area contributed by atoms with Gasteiger partial charge in [0.2, 0.25) is 0 Å². The molecule has 1 aliphatic rings. The van der Waals surface area contributed by atoms with E-state index in [4.69, 9.17) is 4.42 Å². The van der Waals surface area contributed by atoms with E-state index < -0.39 is 11.7 Å². The molecule has 31 heavy (non-hydrogen) atoms. The number of aromatic nitrogens is 1. The van der Waals surface area contributed by atoms with Gasteiger partial charge in [0.05, 0.1) is 11.8 Å². The number of halogens is 3. The number of nitrogens with zero attached hydrogens (tertiary/aromatic N) is 4. The zero-order valence-electron chi connectivity index (χ0n) is 17.2. The highest BCUT2D eigenvalue weighted by Gasteiger charge is 2.30. The highest BCUT2D eigenvalue weighted by atomic mass is 19.4. The Morgan fingerprint density at radius 1 is 1.16 bits per heavy atom. The Bertz CT molecular complexity index is 860. The maximum atomic E-state index is 12.6. The Morgan fingerprint density at radius 2 is 1.90 bits per heavy atom. The molecule has 1 amide bonds. The zero-order chi connectivity index (χ0) is 22.3. The van der Waals surface area contributed by atoms with E-state index in [1.165, 1.54) is 12.3 Å². The number of anilines is 1. The predicted molar refractivity (Wildman–Crippen MR) is 110 cm³/mol. The van der Waals surface area contributed by atoms with Gasteiger partial charge in [0.25, 0.3) is 5.91 Å². The number of carbonyl (C=O) groups is 1. The van der Waals surface area contributed by atoms with E-state index in [0.717, 1.165) is 24.6 Å². The fraction of sp³-hybridized carbons (Fsp3) is 0.450. The lowest BCUT2D eigenvalue weighted by molar-refractivity contribution is -0.137. The van der Waals surface area contributed by atoms with Crippen LogP contribution in [0.4, 0.5) is 19.0 Å². The van der Waals surface area contributed by atoms with Gasteiger partial charge in [-0.25, -0.2) is 4.98 Å². The minimum atomic E-state index is -4.39. The number of furan rings is 1. The molecule has 0 atom stereocenters. The summed E-state index contributed by atoms with van der Waals surface area (Å²) in [6, 6.07) is 5.67. The highest BCUT2D eigenvalue weighted by Crippen LogP contribution is 2.28. The van der Waals surface area contributed by atoms with E-state index in [-0.39, 0.29) is 5.91 Å². The van der Waals surface area contributed by atoms with Gasteiger partial charge in [0.15, 0.2) is 11.7 Å². The van der Waals surface area contributed by atoms with Crippen molar-refractivity contribution in [3.8, 4) is 0 Å². The lowest BCUT2D eigenvalue weighted by Crippen LogP contribution is -2.53. The quantitative estimate of drug-likeness (QED) is 0.410. The lowest BCUT2D eigenvalue weighted by Gasteiger charge is -2.36. The van der Waals surface area contributed by atoms with Crippen molar-refractivity contribution in [3.05, 3.63) is 48.0 Å². The first-order valence-corrected chi connectivity index (χ1v) is 9.94. The summed E-state index contributed by atoms with van der Waals surface area (Å²) in [5.74, 6) is 1.37. The molecule has 1 saturated heterocycles. The Balaban J connectivity index is 1.36. The molecule has 11 heteroatoms. The van der Waals surface area contributed by atoms with Crippen molar-refractivity contribution < 1.29 is 22.4 Å². The average Bonchev–Trinajstić information content (AvgIpc) is 3.31. The summed E-state index contributed by atoms with van der Waals surface area (Å²) in [7, 11) is 1.70. The second-order valence-corrected chi connectivity index (χ2v) is 6.94. The summed E-state index contributed by atoms with van der Waals surface area (Å²) < 4.78 is 42.8. The fourth-order valence-corrected chi connectivity index (χ4v) is 3.18. The summed E-state index contributed by atoms with van der Waals surface area (Å²) in [6.45, 7) is 3.63. The van der Waals surface area contributed by atoms with Gasteiger partial charge in [0, 0.05) is 52.5 Å². The molecule has 2 aromatic rings. The molecule has 0 spiro atoms. The van der Waals surface area contributed by atoms with Crippen LogP contribution in [0.15, 0.2) is 46.1 Å². The minimum Gasteiger partial charge on any atom is -0.459 e.